The van der Waals surface area contributed by atoms with Crippen molar-refractivity contribution in [3.05, 3.63) is 47.5 Å². The Morgan fingerprint density at radius 3 is 2.41 bits per heavy atom. The number of aryl methyl sites for hydroxylation is 1. The molecule has 2 aromatic rings. The highest BCUT2D eigenvalue weighted by atomic mass is 19.4. The number of hydrogen-bond donors (Lipinski definition) is 0. The highest BCUT2D eigenvalue weighted by Gasteiger charge is 2.31. The third kappa shape index (κ3) is 3.50. The molecule has 0 fully saturated rings. The summed E-state index contributed by atoms with van der Waals surface area (Å²) in [5.74, 6) is 0.144. The van der Waals surface area contributed by atoms with Crippen LogP contribution in [0.25, 0.3) is 11.1 Å². The molecule has 0 radical (unpaired) electrons. The van der Waals surface area contributed by atoms with Gasteiger partial charge in [0.2, 0.25) is 0 Å². The lowest BCUT2D eigenvalue weighted by molar-refractivity contribution is -0.274. The van der Waals surface area contributed by atoms with E-state index in [1.165, 1.54) is 25.3 Å². The van der Waals surface area contributed by atoms with Crippen LogP contribution in [0.15, 0.2) is 36.4 Å². The average Bonchev–Trinajstić information content (AvgIpc) is 2.44. The molecule has 2 aromatic carbocycles. The van der Waals surface area contributed by atoms with Gasteiger partial charge in [0.05, 0.1) is 12.7 Å². The summed E-state index contributed by atoms with van der Waals surface area (Å²) < 4.78 is 45.9. The van der Waals surface area contributed by atoms with Gasteiger partial charge in [-0.3, -0.25) is 0 Å². The molecule has 0 heterocycles. The summed E-state index contributed by atoms with van der Waals surface area (Å²) in [6.45, 7) is 1.76. The molecule has 6 heteroatoms. The monoisotopic (exact) mass is 307 g/mol. The van der Waals surface area contributed by atoms with E-state index in [1.807, 2.05) is 6.07 Å². The largest absolute Gasteiger partial charge is 0.573 e. The Kier molecular flexibility index (Phi) is 4.27. The van der Waals surface area contributed by atoms with Gasteiger partial charge in [0.1, 0.15) is 17.6 Å². The number of methoxy groups -OCH3 is 1. The van der Waals surface area contributed by atoms with Gasteiger partial charge < -0.3 is 9.47 Å². The van der Waals surface area contributed by atoms with E-state index in [0.717, 1.165) is 5.56 Å². The van der Waals surface area contributed by atoms with Gasteiger partial charge in [-0.05, 0) is 47.9 Å². The fraction of sp³-hybridized carbons (Fsp3) is 0.188. The first-order valence-electron chi connectivity index (χ1n) is 6.29. The summed E-state index contributed by atoms with van der Waals surface area (Å²) in [7, 11) is 1.46. The van der Waals surface area contributed by atoms with Crippen LogP contribution in [-0.4, -0.2) is 13.5 Å². The number of nitriles is 1. The second-order valence-corrected chi connectivity index (χ2v) is 4.56. The molecule has 3 nitrogen and oxygen atoms in total. The molecular weight excluding hydrogens is 295 g/mol. The van der Waals surface area contributed by atoms with Crippen molar-refractivity contribution in [3.8, 4) is 28.7 Å². The smallest absolute Gasteiger partial charge is 0.495 e. The van der Waals surface area contributed by atoms with E-state index in [0.29, 0.717) is 22.4 Å². The molecule has 0 saturated heterocycles. The van der Waals surface area contributed by atoms with Crippen LogP contribution >= 0.6 is 0 Å². The van der Waals surface area contributed by atoms with E-state index in [1.54, 1.807) is 25.1 Å². The highest BCUT2D eigenvalue weighted by molar-refractivity contribution is 5.70. The van der Waals surface area contributed by atoms with E-state index in [2.05, 4.69) is 4.74 Å². The van der Waals surface area contributed by atoms with E-state index in [-0.39, 0.29) is 5.75 Å². The molecular formula is C16H12F3NO2. The average molecular weight is 307 g/mol. The number of alkyl halides is 3. The molecule has 0 atom stereocenters. The topological polar surface area (TPSA) is 42.2 Å². The zero-order chi connectivity index (χ0) is 16.3. The molecule has 0 amide bonds. The van der Waals surface area contributed by atoms with Gasteiger partial charge in [0.15, 0.2) is 0 Å². The van der Waals surface area contributed by atoms with Crippen molar-refractivity contribution in [3.63, 3.8) is 0 Å². The van der Waals surface area contributed by atoms with Crippen molar-refractivity contribution >= 4 is 0 Å². The number of nitrogens with zero attached hydrogens (tertiary/aromatic N) is 1. The summed E-state index contributed by atoms with van der Waals surface area (Å²) in [5.41, 5.74) is 2.17. The molecule has 0 aromatic heterocycles. The molecule has 0 N–H and O–H groups in total. The maximum Gasteiger partial charge on any atom is 0.573 e. The van der Waals surface area contributed by atoms with Crippen molar-refractivity contribution in [1.82, 2.24) is 0 Å². The first kappa shape index (κ1) is 15.7. The molecule has 0 aliphatic rings. The Hall–Kier alpha value is -2.68. The van der Waals surface area contributed by atoms with Crippen LogP contribution in [-0.2, 0) is 0 Å². The van der Waals surface area contributed by atoms with E-state index in [9.17, 15) is 13.2 Å². The van der Waals surface area contributed by atoms with Crippen LogP contribution < -0.4 is 9.47 Å². The van der Waals surface area contributed by atoms with Crippen LogP contribution in [0, 0.1) is 18.3 Å². The van der Waals surface area contributed by atoms with Gasteiger partial charge >= 0.3 is 6.36 Å². The van der Waals surface area contributed by atoms with Crippen LogP contribution in [0.2, 0.25) is 0 Å². The number of ether oxygens (including phenoxy) is 2. The fourth-order valence-electron chi connectivity index (χ4n) is 2.17. The van der Waals surface area contributed by atoms with Gasteiger partial charge in [-0.1, -0.05) is 12.1 Å². The Balaban J connectivity index is 2.47. The molecule has 22 heavy (non-hydrogen) atoms. The summed E-state index contributed by atoms with van der Waals surface area (Å²) in [4.78, 5) is 0. The minimum atomic E-state index is -4.74. The van der Waals surface area contributed by atoms with Gasteiger partial charge in [-0.2, -0.15) is 5.26 Å². The maximum atomic E-state index is 12.3. The standard InChI is InChI=1S/C16H12F3NO2/c1-10-6-12(7-13(9-20)15(10)21-2)11-4-3-5-14(8-11)22-16(17,18)19/h3-8H,1-2H3. The van der Waals surface area contributed by atoms with Crippen LogP contribution in [0.1, 0.15) is 11.1 Å². The second-order valence-electron chi connectivity index (χ2n) is 4.56. The van der Waals surface area contributed by atoms with Gasteiger partial charge in [0, 0.05) is 0 Å². The van der Waals surface area contributed by atoms with E-state index in [4.69, 9.17) is 10.00 Å². The predicted molar refractivity (Wildman–Crippen MR) is 74.6 cm³/mol. The molecule has 0 bridgehead atoms. The van der Waals surface area contributed by atoms with E-state index >= 15 is 0 Å². The fourth-order valence-corrected chi connectivity index (χ4v) is 2.17. The maximum absolute atomic E-state index is 12.3. The number of hydrogen-bond acceptors (Lipinski definition) is 3. The van der Waals surface area contributed by atoms with Crippen molar-refractivity contribution in [1.29, 1.82) is 5.26 Å². The molecule has 0 aliphatic heterocycles. The lowest BCUT2D eigenvalue weighted by Gasteiger charge is -2.12. The lowest BCUT2D eigenvalue weighted by Crippen LogP contribution is -2.17. The van der Waals surface area contributed by atoms with Crippen LogP contribution in [0.3, 0.4) is 0 Å². The zero-order valence-corrected chi connectivity index (χ0v) is 11.9. The van der Waals surface area contributed by atoms with E-state index < -0.39 is 6.36 Å². The third-order valence-electron chi connectivity index (χ3n) is 3.00. The summed E-state index contributed by atoms with van der Waals surface area (Å²) in [5, 5.41) is 9.15. The molecule has 114 valence electrons. The molecule has 0 spiro atoms. The van der Waals surface area contributed by atoms with Gasteiger partial charge in [0.25, 0.3) is 0 Å². The van der Waals surface area contributed by atoms with Crippen molar-refractivity contribution in [2.45, 2.75) is 13.3 Å². The Bertz CT molecular complexity index is 733. The van der Waals surface area contributed by atoms with Gasteiger partial charge in [-0.15, -0.1) is 13.2 Å². The Labute approximate surface area is 125 Å². The first-order chi connectivity index (χ1) is 10.3. The first-order valence-corrected chi connectivity index (χ1v) is 6.29. The number of benzene rings is 2. The second kappa shape index (κ2) is 5.98. The number of halogens is 3. The molecule has 0 aliphatic carbocycles. The summed E-state index contributed by atoms with van der Waals surface area (Å²) in [6, 6.07) is 10.9. The normalized spacial score (nSPS) is 10.9. The van der Waals surface area contributed by atoms with Crippen LogP contribution in [0.4, 0.5) is 13.2 Å². The molecule has 0 saturated carbocycles. The Morgan fingerprint density at radius 1 is 1.09 bits per heavy atom. The Morgan fingerprint density at radius 2 is 1.82 bits per heavy atom. The predicted octanol–water partition coefficient (Wildman–Crippen LogP) is 4.44. The van der Waals surface area contributed by atoms with Crippen molar-refractivity contribution < 1.29 is 22.6 Å². The molecule has 0 unspecified atom stereocenters. The van der Waals surface area contributed by atoms with Crippen molar-refractivity contribution in [2.24, 2.45) is 0 Å². The third-order valence-corrected chi connectivity index (χ3v) is 3.00. The zero-order valence-electron chi connectivity index (χ0n) is 11.9. The summed E-state index contributed by atoms with van der Waals surface area (Å²) in [6.07, 6.45) is -4.74. The minimum Gasteiger partial charge on any atom is -0.495 e. The van der Waals surface area contributed by atoms with Gasteiger partial charge in [-0.25, -0.2) is 0 Å². The SMILES string of the molecule is COc1c(C)cc(-c2cccc(OC(F)(F)F)c2)cc1C#N. The quantitative estimate of drug-likeness (QED) is 0.842. The lowest BCUT2D eigenvalue weighted by atomic mass is 9.99. The van der Waals surface area contributed by atoms with Crippen molar-refractivity contribution in [2.75, 3.05) is 7.11 Å². The number of rotatable bonds is 3. The minimum absolute atomic E-state index is 0.308. The summed E-state index contributed by atoms with van der Waals surface area (Å²) >= 11 is 0. The highest BCUT2D eigenvalue weighted by Crippen LogP contribution is 2.32. The van der Waals surface area contributed by atoms with Crippen LogP contribution in [0.5, 0.6) is 11.5 Å². The molecule has 2 rings (SSSR count).